The Bertz CT molecular complexity index is 580. The number of nitrogens with one attached hydrogen (secondary N) is 1. The van der Waals surface area contributed by atoms with Crippen molar-refractivity contribution >= 4 is 21.6 Å². The fourth-order valence-electron chi connectivity index (χ4n) is 1.85. The first kappa shape index (κ1) is 18.3. The van der Waals surface area contributed by atoms with Gasteiger partial charge in [0.2, 0.25) is 10.0 Å². The highest BCUT2D eigenvalue weighted by atomic mass is 32.2. The number of rotatable bonds is 8. The minimum atomic E-state index is -3.29. The predicted octanol–water partition coefficient (Wildman–Crippen LogP) is 1.77. The van der Waals surface area contributed by atoms with Gasteiger partial charge in [0.05, 0.1) is 11.9 Å². The Morgan fingerprint density at radius 1 is 1.23 bits per heavy atom. The van der Waals surface area contributed by atoms with Crippen molar-refractivity contribution in [2.45, 2.75) is 32.7 Å². The van der Waals surface area contributed by atoms with E-state index in [-0.39, 0.29) is 18.6 Å². The van der Waals surface area contributed by atoms with E-state index in [1.165, 1.54) is 11.4 Å². The number of hydrogen-bond donors (Lipinski definition) is 1. The van der Waals surface area contributed by atoms with Gasteiger partial charge in [-0.1, -0.05) is 13.8 Å². The second-order valence-corrected chi connectivity index (χ2v) is 7.11. The van der Waals surface area contributed by atoms with Crippen LogP contribution in [0.2, 0.25) is 0 Å². The zero-order valence-corrected chi connectivity index (χ0v) is 14.3. The third-order valence-electron chi connectivity index (χ3n) is 3.42. The summed E-state index contributed by atoms with van der Waals surface area (Å²) in [7, 11) is -1.80. The Kier molecular flexibility index (Phi) is 6.67. The number of benzene rings is 1. The molecular formula is C15H24N2O4S. The maximum atomic E-state index is 11.7. The van der Waals surface area contributed by atoms with E-state index in [0.29, 0.717) is 11.4 Å². The Morgan fingerprint density at radius 3 is 2.23 bits per heavy atom. The standard InChI is InChI=1S/C15H24N2O4S/c1-5-12(6-2)16-15(18)11-21-14-9-7-13(8-10-14)17(3)22(4,19)20/h7-10,12H,5-6,11H2,1-4H3,(H,16,18). The van der Waals surface area contributed by atoms with Crippen molar-refractivity contribution in [1.82, 2.24) is 5.32 Å². The molecule has 1 N–H and O–H groups in total. The first-order valence-corrected chi connectivity index (χ1v) is 9.08. The molecule has 0 spiro atoms. The van der Waals surface area contributed by atoms with Crippen LogP contribution >= 0.6 is 0 Å². The highest BCUT2D eigenvalue weighted by Gasteiger charge is 2.12. The number of nitrogens with zero attached hydrogens (tertiary/aromatic N) is 1. The van der Waals surface area contributed by atoms with E-state index in [4.69, 9.17) is 4.74 Å². The van der Waals surface area contributed by atoms with Crippen molar-refractivity contribution in [1.29, 1.82) is 0 Å². The summed E-state index contributed by atoms with van der Waals surface area (Å²) in [5, 5.41) is 2.88. The molecule has 0 fully saturated rings. The summed E-state index contributed by atoms with van der Waals surface area (Å²) in [6.07, 6.45) is 2.91. The smallest absolute Gasteiger partial charge is 0.258 e. The van der Waals surface area contributed by atoms with Crippen LogP contribution in [0.15, 0.2) is 24.3 Å². The van der Waals surface area contributed by atoms with Crippen molar-refractivity contribution in [3.63, 3.8) is 0 Å². The highest BCUT2D eigenvalue weighted by molar-refractivity contribution is 7.92. The van der Waals surface area contributed by atoms with Gasteiger partial charge < -0.3 is 10.1 Å². The molecule has 1 aromatic rings. The maximum absolute atomic E-state index is 11.7. The minimum Gasteiger partial charge on any atom is -0.484 e. The van der Waals surface area contributed by atoms with Gasteiger partial charge in [0, 0.05) is 13.1 Å². The molecule has 0 heterocycles. The third-order valence-corrected chi connectivity index (χ3v) is 4.62. The predicted molar refractivity (Wildman–Crippen MR) is 87.7 cm³/mol. The van der Waals surface area contributed by atoms with Gasteiger partial charge >= 0.3 is 0 Å². The molecule has 0 bridgehead atoms. The Balaban J connectivity index is 2.57. The molecule has 0 saturated carbocycles. The van der Waals surface area contributed by atoms with Crippen molar-refractivity contribution in [2.24, 2.45) is 0 Å². The largest absolute Gasteiger partial charge is 0.484 e. The summed E-state index contributed by atoms with van der Waals surface area (Å²) in [5.41, 5.74) is 0.538. The van der Waals surface area contributed by atoms with Gasteiger partial charge in [0.25, 0.3) is 5.91 Å². The van der Waals surface area contributed by atoms with Gasteiger partial charge in [-0.3, -0.25) is 9.10 Å². The summed E-state index contributed by atoms with van der Waals surface area (Å²) >= 11 is 0. The average molecular weight is 328 g/mol. The van der Waals surface area contributed by atoms with Crippen LogP contribution in [0.4, 0.5) is 5.69 Å². The molecule has 124 valence electrons. The molecule has 0 saturated heterocycles. The van der Waals surface area contributed by atoms with E-state index in [0.717, 1.165) is 19.1 Å². The summed E-state index contributed by atoms with van der Waals surface area (Å²) in [6.45, 7) is 3.98. The second kappa shape index (κ2) is 8.03. The summed E-state index contributed by atoms with van der Waals surface area (Å²) < 4.78 is 29.4. The van der Waals surface area contributed by atoms with Gasteiger partial charge in [-0.15, -0.1) is 0 Å². The molecule has 1 aromatic carbocycles. The fourth-order valence-corrected chi connectivity index (χ4v) is 2.36. The molecule has 0 aromatic heterocycles. The molecule has 0 atom stereocenters. The molecule has 6 nitrogen and oxygen atoms in total. The van der Waals surface area contributed by atoms with Gasteiger partial charge in [-0.25, -0.2) is 8.42 Å². The third kappa shape index (κ3) is 5.55. The molecular weight excluding hydrogens is 304 g/mol. The zero-order valence-electron chi connectivity index (χ0n) is 13.5. The average Bonchev–Trinajstić information content (AvgIpc) is 2.49. The summed E-state index contributed by atoms with van der Waals surface area (Å²) in [4.78, 5) is 11.7. The van der Waals surface area contributed by atoms with Crippen LogP contribution in [0.5, 0.6) is 5.75 Å². The van der Waals surface area contributed by atoms with E-state index in [1.807, 2.05) is 13.8 Å². The van der Waals surface area contributed by atoms with Crippen molar-refractivity contribution < 1.29 is 17.9 Å². The van der Waals surface area contributed by atoms with E-state index in [9.17, 15) is 13.2 Å². The molecule has 1 rings (SSSR count). The number of carbonyl (C=O) groups excluding carboxylic acids is 1. The molecule has 0 unspecified atom stereocenters. The molecule has 0 aliphatic carbocycles. The first-order valence-electron chi connectivity index (χ1n) is 7.24. The maximum Gasteiger partial charge on any atom is 0.258 e. The minimum absolute atomic E-state index is 0.0578. The first-order chi connectivity index (χ1) is 10.3. The molecule has 0 radical (unpaired) electrons. The summed E-state index contributed by atoms with van der Waals surface area (Å²) in [6, 6.07) is 6.72. The van der Waals surface area contributed by atoms with Crippen LogP contribution in [0.1, 0.15) is 26.7 Å². The highest BCUT2D eigenvalue weighted by Crippen LogP contribution is 2.20. The van der Waals surface area contributed by atoms with E-state index in [2.05, 4.69) is 5.32 Å². The number of anilines is 1. The second-order valence-electron chi connectivity index (χ2n) is 5.09. The lowest BCUT2D eigenvalue weighted by atomic mass is 10.2. The van der Waals surface area contributed by atoms with Gasteiger partial charge in [-0.05, 0) is 37.1 Å². The van der Waals surface area contributed by atoms with E-state index >= 15 is 0 Å². The monoisotopic (exact) mass is 328 g/mol. The number of ether oxygens (including phenoxy) is 1. The fraction of sp³-hybridized carbons (Fsp3) is 0.533. The zero-order chi connectivity index (χ0) is 16.8. The normalized spacial score (nSPS) is 11.3. The molecule has 22 heavy (non-hydrogen) atoms. The molecule has 0 aliphatic rings. The summed E-state index contributed by atoms with van der Waals surface area (Å²) in [5.74, 6) is 0.358. The van der Waals surface area contributed by atoms with Gasteiger partial charge in [0.15, 0.2) is 6.61 Å². The van der Waals surface area contributed by atoms with Crippen LogP contribution in [-0.2, 0) is 14.8 Å². The van der Waals surface area contributed by atoms with Crippen LogP contribution in [0.3, 0.4) is 0 Å². The lowest BCUT2D eigenvalue weighted by Crippen LogP contribution is -2.37. The van der Waals surface area contributed by atoms with Crippen molar-refractivity contribution in [3.8, 4) is 5.75 Å². The molecule has 7 heteroatoms. The van der Waals surface area contributed by atoms with Crippen molar-refractivity contribution in [2.75, 3.05) is 24.2 Å². The quantitative estimate of drug-likeness (QED) is 0.789. The lowest BCUT2D eigenvalue weighted by Gasteiger charge is -2.17. The van der Waals surface area contributed by atoms with Crippen LogP contribution in [-0.4, -0.2) is 40.3 Å². The van der Waals surface area contributed by atoms with Crippen LogP contribution < -0.4 is 14.4 Å². The number of amides is 1. The SMILES string of the molecule is CCC(CC)NC(=O)COc1ccc(N(C)S(C)(=O)=O)cc1. The van der Waals surface area contributed by atoms with E-state index < -0.39 is 10.0 Å². The number of sulfonamides is 1. The Hall–Kier alpha value is -1.76. The number of carbonyl (C=O) groups is 1. The van der Waals surface area contributed by atoms with Crippen LogP contribution in [0, 0.1) is 0 Å². The Morgan fingerprint density at radius 2 is 1.77 bits per heavy atom. The number of hydrogen-bond acceptors (Lipinski definition) is 4. The topological polar surface area (TPSA) is 75.7 Å². The Labute approximate surface area is 132 Å². The van der Waals surface area contributed by atoms with E-state index in [1.54, 1.807) is 24.3 Å². The van der Waals surface area contributed by atoms with Crippen LogP contribution in [0.25, 0.3) is 0 Å². The van der Waals surface area contributed by atoms with Gasteiger partial charge in [0.1, 0.15) is 5.75 Å². The molecule has 1 amide bonds. The molecule has 0 aliphatic heterocycles. The van der Waals surface area contributed by atoms with Gasteiger partial charge in [-0.2, -0.15) is 0 Å². The van der Waals surface area contributed by atoms with Crippen molar-refractivity contribution in [3.05, 3.63) is 24.3 Å². The lowest BCUT2D eigenvalue weighted by molar-refractivity contribution is -0.123.